The van der Waals surface area contributed by atoms with E-state index in [1.165, 1.54) is 25.7 Å². The molecule has 1 aliphatic carbocycles. The van der Waals surface area contributed by atoms with Gasteiger partial charge in [0.05, 0.1) is 6.07 Å². The predicted molar refractivity (Wildman–Crippen MR) is 71.7 cm³/mol. The highest BCUT2D eigenvalue weighted by Gasteiger charge is 2.30. The van der Waals surface area contributed by atoms with Gasteiger partial charge in [0.15, 0.2) is 0 Å². The third kappa shape index (κ3) is 3.97. The van der Waals surface area contributed by atoms with Gasteiger partial charge in [-0.3, -0.25) is 5.32 Å². The Hall–Kier alpha value is -0.590. The highest BCUT2D eigenvalue weighted by Crippen LogP contribution is 2.28. The maximum Gasteiger partial charge on any atom is 0.116 e. The van der Waals surface area contributed by atoms with Gasteiger partial charge >= 0.3 is 0 Å². The molecule has 0 bridgehead atoms. The molecule has 3 nitrogen and oxygen atoms in total. The van der Waals surface area contributed by atoms with E-state index in [0.717, 1.165) is 19.0 Å². The van der Waals surface area contributed by atoms with E-state index in [9.17, 15) is 5.26 Å². The highest BCUT2D eigenvalue weighted by molar-refractivity contribution is 5.06. The van der Waals surface area contributed by atoms with Gasteiger partial charge in [-0.05, 0) is 39.3 Å². The van der Waals surface area contributed by atoms with Crippen molar-refractivity contribution in [2.45, 2.75) is 58.0 Å². The Labute approximate surface area is 106 Å². The van der Waals surface area contributed by atoms with Crippen LogP contribution >= 0.6 is 0 Å². The minimum atomic E-state index is -0.416. The van der Waals surface area contributed by atoms with Crippen molar-refractivity contribution in [3.05, 3.63) is 0 Å². The number of hydrogen-bond acceptors (Lipinski definition) is 3. The van der Waals surface area contributed by atoms with E-state index in [4.69, 9.17) is 0 Å². The van der Waals surface area contributed by atoms with Gasteiger partial charge in [0.25, 0.3) is 0 Å². The van der Waals surface area contributed by atoms with Gasteiger partial charge in [-0.1, -0.05) is 26.7 Å². The summed E-state index contributed by atoms with van der Waals surface area (Å²) < 4.78 is 0. The van der Waals surface area contributed by atoms with E-state index in [1.54, 1.807) is 0 Å². The third-order valence-corrected chi connectivity index (χ3v) is 4.01. The first-order valence-corrected chi connectivity index (χ1v) is 6.89. The quantitative estimate of drug-likeness (QED) is 0.798. The zero-order chi connectivity index (χ0) is 12.9. The maximum absolute atomic E-state index is 9.29. The maximum atomic E-state index is 9.29. The predicted octanol–water partition coefficient (Wildman–Crippen LogP) is 2.39. The van der Waals surface area contributed by atoms with Gasteiger partial charge in [0, 0.05) is 12.6 Å². The van der Waals surface area contributed by atoms with Crippen LogP contribution in [0.25, 0.3) is 0 Å². The molecule has 1 rings (SSSR count). The van der Waals surface area contributed by atoms with Crippen LogP contribution in [0.5, 0.6) is 0 Å². The molecule has 0 aromatic heterocycles. The molecule has 0 saturated heterocycles. The third-order valence-electron chi connectivity index (χ3n) is 4.01. The van der Waals surface area contributed by atoms with E-state index in [1.807, 2.05) is 6.92 Å². The molecule has 1 aliphatic rings. The summed E-state index contributed by atoms with van der Waals surface area (Å²) in [6.07, 6.45) is 5.32. The molecule has 3 atom stereocenters. The first kappa shape index (κ1) is 14.5. The normalized spacial score (nSPS) is 28.7. The molecule has 98 valence electrons. The van der Waals surface area contributed by atoms with Crippen LogP contribution in [0.2, 0.25) is 0 Å². The lowest BCUT2D eigenvalue weighted by molar-refractivity contribution is 0.119. The van der Waals surface area contributed by atoms with E-state index >= 15 is 0 Å². The van der Waals surface area contributed by atoms with Crippen molar-refractivity contribution in [2.75, 3.05) is 20.1 Å². The molecule has 0 radical (unpaired) electrons. The van der Waals surface area contributed by atoms with Crippen LogP contribution in [0.3, 0.4) is 0 Å². The molecular weight excluding hydrogens is 210 g/mol. The van der Waals surface area contributed by atoms with Crippen LogP contribution < -0.4 is 5.32 Å². The van der Waals surface area contributed by atoms with Crippen LogP contribution in [0.15, 0.2) is 0 Å². The largest absolute Gasteiger partial charge is 0.300 e. The van der Waals surface area contributed by atoms with Crippen molar-refractivity contribution in [2.24, 2.45) is 5.92 Å². The molecule has 0 aromatic rings. The van der Waals surface area contributed by atoms with E-state index in [0.29, 0.717) is 6.04 Å². The lowest BCUT2D eigenvalue weighted by atomic mass is 9.84. The number of nitriles is 1. The second-order valence-corrected chi connectivity index (χ2v) is 5.72. The Kier molecular flexibility index (Phi) is 5.42. The second kappa shape index (κ2) is 6.37. The summed E-state index contributed by atoms with van der Waals surface area (Å²) in [5.74, 6) is 0.762. The van der Waals surface area contributed by atoms with Gasteiger partial charge in [0.2, 0.25) is 0 Å². The van der Waals surface area contributed by atoms with Crippen LogP contribution in [0, 0.1) is 17.2 Å². The molecule has 3 unspecified atom stereocenters. The van der Waals surface area contributed by atoms with Crippen molar-refractivity contribution >= 4 is 0 Å². The van der Waals surface area contributed by atoms with Crippen LogP contribution in [0.4, 0.5) is 0 Å². The van der Waals surface area contributed by atoms with Crippen molar-refractivity contribution < 1.29 is 0 Å². The zero-order valence-corrected chi connectivity index (χ0v) is 11.8. The molecule has 1 N–H and O–H groups in total. The SMILES string of the molecule is CCNC(C)(C#N)CN(C)C1CCCCC1C. The van der Waals surface area contributed by atoms with Crippen molar-refractivity contribution in [3.63, 3.8) is 0 Å². The Bertz CT molecular complexity index is 271. The summed E-state index contributed by atoms with van der Waals surface area (Å²) in [4.78, 5) is 2.38. The van der Waals surface area contributed by atoms with Crippen LogP contribution in [-0.4, -0.2) is 36.6 Å². The van der Waals surface area contributed by atoms with Gasteiger partial charge in [-0.15, -0.1) is 0 Å². The summed E-state index contributed by atoms with van der Waals surface area (Å²) in [6, 6.07) is 3.06. The number of hydrogen-bond donors (Lipinski definition) is 1. The highest BCUT2D eigenvalue weighted by atomic mass is 15.2. The van der Waals surface area contributed by atoms with E-state index in [-0.39, 0.29) is 0 Å². The van der Waals surface area contributed by atoms with Crippen molar-refractivity contribution in [3.8, 4) is 6.07 Å². The topological polar surface area (TPSA) is 39.1 Å². The fraction of sp³-hybridized carbons (Fsp3) is 0.929. The summed E-state index contributed by atoms with van der Waals surface area (Å²) in [6.45, 7) is 8.06. The molecule has 1 fully saturated rings. The summed E-state index contributed by atoms with van der Waals surface area (Å²) in [7, 11) is 2.17. The number of nitrogens with zero attached hydrogens (tertiary/aromatic N) is 2. The number of nitrogens with one attached hydrogen (secondary N) is 1. The molecule has 0 heterocycles. The molecule has 0 aliphatic heterocycles. The zero-order valence-electron chi connectivity index (χ0n) is 11.8. The van der Waals surface area contributed by atoms with Gasteiger partial charge < -0.3 is 4.90 Å². The van der Waals surface area contributed by atoms with Crippen LogP contribution in [0.1, 0.15) is 46.5 Å². The summed E-state index contributed by atoms with van der Waals surface area (Å²) in [5, 5.41) is 12.6. The Morgan fingerprint density at radius 3 is 2.59 bits per heavy atom. The molecule has 0 amide bonds. The first-order chi connectivity index (χ1) is 8.02. The van der Waals surface area contributed by atoms with Crippen molar-refractivity contribution in [1.29, 1.82) is 5.26 Å². The Morgan fingerprint density at radius 2 is 2.06 bits per heavy atom. The van der Waals surface area contributed by atoms with Crippen LogP contribution in [-0.2, 0) is 0 Å². The minimum absolute atomic E-state index is 0.416. The lowest BCUT2D eigenvalue weighted by Crippen LogP contribution is -2.53. The summed E-state index contributed by atoms with van der Waals surface area (Å²) >= 11 is 0. The molecule has 17 heavy (non-hydrogen) atoms. The molecular formula is C14H27N3. The molecule has 1 saturated carbocycles. The molecule has 3 heteroatoms. The van der Waals surface area contributed by atoms with Gasteiger partial charge in [-0.2, -0.15) is 5.26 Å². The average molecular weight is 237 g/mol. The number of likely N-dealkylation sites (N-methyl/N-ethyl adjacent to an activating group) is 2. The van der Waals surface area contributed by atoms with Gasteiger partial charge in [0.1, 0.15) is 5.54 Å². The van der Waals surface area contributed by atoms with Crippen molar-refractivity contribution in [1.82, 2.24) is 10.2 Å². The standard InChI is InChI=1S/C14H27N3/c1-5-16-14(3,10-15)11-17(4)13-9-7-6-8-12(13)2/h12-13,16H,5-9,11H2,1-4H3. The number of rotatable bonds is 5. The second-order valence-electron chi connectivity index (χ2n) is 5.72. The average Bonchev–Trinajstić information content (AvgIpc) is 2.29. The van der Waals surface area contributed by atoms with Gasteiger partial charge in [-0.25, -0.2) is 0 Å². The van der Waals surface area contributed by atoms with E-state index in [2.05, 4.69) is 37.2 Å². The lowest BCUT2D eigenvalue weighted by Gasteiger charge is -2.39. The smallest absolute Gasteiger partial charge is 0.116 e. The Morgan fingerprint density at radius 1 is 1.41 bits per heavy atom. The fourth-order valence-electron chi connectivity index (χ4n) is 3.09. The summed E-state index contributed by atoms with van der Waals surface area (Å²) in [5.41, 5.74) is -0.416. The molecule has 0 spiro atoms. The monoisotopic (exact) mass is 237 g/mol. The van der Waals surface area contributed by atoms with E-state index < -0.39 is 5.54 Å². The first-order valence-electron chi connectivity index (χ1n) is 6.89. The fourth-order valence-corrected chi connectivity index (χ4v) is 3.09. The molecule has 0 aromatic carbocycles. The Balaban J connectivity index is 2.57. The minimum Gasteiger partial charge on any atom is -0.300 e.